The average molecular weight is 163 g/mol. The molecule has 0 atom stereocenters. The Morgan fingerprint density at radius 2 is 2.17 bits per heavy atom. The highest BCUT2D eigenvalue weighted by Crippen LogP contribution is 2.22. The summed E-state index contributed by atoms with van der Waals surface area (Å²) in [6.07, 6.45) is 3.97. The van der Waals surface area contributed by atoms with Gasteiger partial charge in [-0.2, -0.15) is 0 Å². The van der Waals surface area contributed by atoms with Gasteiger partial charge in [-0.15, -0.1) is 0 Å². The van der Waals surface area contributed by atoms with Crippen LogP contribution >= 0.6 is 0 Å². The number of anilines is 1. The van der Waals surface area contributed by atoms with E-state index in [4.69, 9.17) is 10.5 Å². The first-order valence-corrected chi connectivity index (χ1v) is 3.84. The molecule has 0 bridgehead atoms. The Labute approximate surface area is 72.7 Å². The summed E-state index contributed by atoms with van der Waals surface area (Å²) in [6, 6.07) is 5.72. The van der Waals surface area contributed by atoms with E-state index in [0.29, 0.717) is 5.69 Å². The quantitative estimate of drug-likeness (QED) is 0.679. The van der Waals surface area contributed by atoms with E-state index in [1.54, 1.807) is 7.11 Å². The van der Waals surface area contributed by atoms with Crippen molar-refractivity contribution in [2.45, 2.75) is 6.92 Å². The van der Waals surface area contributed by atoms with Gasteiger partial charge in [0.25, 0.3) is 0 Å². The Balaban J connectivity index is 3.01. The zero-order chi connectivity index (χ0) is 8.97. The lowest BCUT2D eigenvalue weighted by atomic mass is 10.2. The van der Waals surface area contributed by atoms with Gasteiger partial charge in [0.1, 0.15) is 5.75 Å². The second kappa shape index (κ2) is 3.81. The molecule has 1 aromatic rings. The van der Waals surface area contributed by atoms with Crippen LogP contribution in [0.4, 0.5) is 5.69 Å². The fourth-order valence-electron chi connectivity index (χ4n) is 1.05. The van der Waals surface area contributed by atoms with Gasteiger partial charge in [0.05, 0.1) is 12.8 Å². The summed E-state index contributed by atoms with van der Waals surface area (Å²) in [7, 11) is 1.61. The SMILES string of the molecule is C/C=C\c1ccc(OC)c(N)c1. The van der Waals surface area contributed by atoms with Gasteiger partial charge in [-0.25, -0.2) is 0 Å². The summed E-state index contributed by atoms with van der Waals surface area (Å²) in [5.74, 6) is 0.725. The van der Waals surface area contributed by atoms with Crippen LogP contribution in [0.1, 0.15) is 12.5 Å². The molecule has 1 rings (SSSR count). The lowest BCUT2D eigenvalue weighted by Crippen LogP contribution is -1.91. The van der Waals surface area contributed by atoms with E-state index >= 15 is 0 Å². The van der Waals surface area contributed by atoms with E-state index < -0.39 is 0 Å². The predicted molar refractivity (Wildman–Crippen MR) is 52.1 cm³/mol. The lowest BCUT2D eigenvalue weighted by molar-refractivity contribution is 0.417. The molecule has 2 N–H and O–H groups in total. The predicted octanol–water partition coefficient (Wildman–Crippen LogP) is 2.31. The molecule has 0 amide bonds. The van der Waals surface area contributed by atoms with Gasteiger partial charge in [-0.05, 0) is 24.6 Å². The fourth-order valence-corrected chi connectivity index (χ4v) is 1.05. The highest BCUT2D eigenvalue weighted by molar-refractivity contribution is 5.61. The van der Waals surface area contributed by atoms with Crippen molar-refractivity contribution in [3.8, 4) is 5.75 Å². The molecule has 0 heterocycles. The Hall–Kier alpha value is -1.44. The summed E-state index contributed by atoms with van der Waals surface area (Å²) in [6.45, 7) is 1.97. The highest BCUT2D eigenvalue weighted by Gasteiger charge is 1.97. The van der Waals surface area contributed by atoms with Gasteiger partial charge in [-0.3, -0.25) is 0 Å². The van der Waals surface area contributed by atoms with Crippen molar-refractivity contribution in [3.63, 3.8) is 0 Å². The van der Waals surface area contributed by atoms with E-state index in [2.05, 4.69) is 0 Å². The average Bonchev–Trinajstić information content (AvgIpc) is 2.05. The van der Waals surface area contributed by atoms with Crippen LogP contribution in [0.15, 0.2) is 24.3 Å². The number of methoxy groups -OCH3 is 1. The molecular formula is C10H13NO. The van der Waals surface area contributed by atoms with Crippen molar-refractivity contribution in [3.05, 3.63) is 29.8 Å². The van der Waals surface area contributed by atoms with Gasteiger partial charge in [0.2, 0.25) is 0 Å². The van der Waals surface area contributed by atoms with Crippen molar-refractivity contribution in [2.24, 2.45) is 0 Å². The number of benzene rings is 1. The van der Waals surface area contributed by atoms with Crippen LogP contribution in [0.25, 0.3) is 6.08 Å². The maximum Gasteiger partial charge on any atom is 0.141 e. The first-order valence-electron chi connectivity index (χ1n) is 3.84. The standard InChI is InChI=1S/C10H13NO/c1-3-4-8-5-6-10(12-2)9(11)7-8/h3-7H,11H2,1-2H3/b4-3-. The van der Waals surface area contributed by atoms with Crippen molar-refractivity contribution in [1.82, 2.24) is 0 Å². The number of hydrogen-bond acceptors (Lipinski definition) is 2. The molecule has 0 aliphatic heterocycles. The zero-order valence-electron chi connectivity index (χ0n) is 7.37. The van der Waals surface area contributed by atoms with Gasteiger partial charge < -0.3 is 10.5 Å². The topological polar surface area (TPSA) is 35.2 Å². The first kappa shape index (κ1) is 8.65. The molecule has 1 aromatic carbocycles. The van der Waals surface area contributed by atoms with E-state index in [1.807, 2.05) is 37.3 Å². The third-order valence-corrected chi connectivity index (χ3v) is 1.61. The van der Waals surface area contributed by atoms with Crippen LogP contribution in [0.3, 0.4) is 0 Å². The maximum atomic E-state index is 5.70. The molecule has 0 spiro atoms. The summed E-state index contributed by atoms with van der Waals surface area (Å²) in [5, 5.41) is 0. The normalized spacial score (nSPS) is 10.5. The monoisotopic (exact) mass is 163 g/mol. The largest absolute Gasteiger partial charge is 0.495 e. The molecule has 12 heavy (non-hydrogen) atoms. The molecule has 0 aliphatic carbocycles. The lowest BCUT2D eigenvalue weighted by Gasteiger charge is -2.03. The maximum absolute atomic E-state index is 5.70. The molecule has 64 valence electrons. The van der Waals surface area contributed by atoms with Crippen LogP contribution in [-0.4, -0.2) is 7.11 Å². The smallest absolute Gasteiger partial charge is 0.141 e. The second-order valence-corrected chi connectivity index (χ2v) is 2.50. The van der Waals surface area contributed by atoms with Crippen LogP contribution in [0.2, 0.25) is 0 Å². The number of nitrogen functional groups attached to an aromatic ring is 1. The summed E-state index contributed by atoms with van der Waals surface area (Å²) < 4.78 is 5.03. The minimum Gasteiger partial charge on any atom is -0.495 e. The first-order chi connectivity index (χ1) is 5.77. The minimum absolute atomic E-state index is 0.674. The molecule has 0 aliphatic rings. The minimum atomic E-state index is 0.674. The highest BCUT2D eigenvalue weighted by atomic mass is 16.5. The third-order valence-electron chi connectivity index (χ3n) is 1.61. The van der Waals surface area contributed by atoms with E-state index in [9.17, 15) is 0 Å². The molecule has 0 aromatic heterocycles. The van der Waals surface area contributed by atoms with Crippen molar-refractivity contribution < 1.29 is 4.74 Å². The van der Waals surface area contributed by atoms with E-state index in [0.717, 1.165) is 11.3 Å². The van der Waals surface area contributed by atoms with Crippen LogP contribution in [0.5, 0.6) is 5.75 Å². The van der Waals surface area contributed by atoms with Crippen molar-refractivity contribution in [1.29, 1.82) is 0 Å². The van der Waals surface area contributed by atoms with Crippen LogP contribution in [0, 0.1) is 0 Å². The molecule has 2 heteroatoms. The van der Waals surface area contributed by atoms with E-state index in [1.165, 1.54) is 0 Å². The molecule has 0 fully saturated rings. The number of rotatable bonds is 2. The van der Waals surface area contributed by atoms with Crippen LogP contribution < -0.4 is 10.5 Å². The van der Waals surface area contributed by atoms with Crippen LogP contribution in [-0.2, 0) is 0 Å². The second-order valence-electron chi connectivity index (χ2n) is 2.50. The molecule has 0 unspecified atom stereocenters. The molecular weight excluding hydrogens is 150 g/mol. The van der Waals surface area contributed by atoms with Crippen molar-refractivity contribution in [2.75, 3.05) is 12.8 Å². The summed E-state index contributed by atoms with van der Waals surface area (Å²) >= 11 is 0. The Kier molecular flexibility index (Phi) is 2.75. The number of hydrogen-bond donors (Lipinski definition) is 1. The van der Waals surface area contributed by atoms with Gasteiger partial charge in [0.15, 0.2) is 0 Å². The summed E-state index contributed by atoms with van der Waals surface area (Å²) in [4.78, 5) is 0. The van der Waals surface area contributed by atoms with Gasteiger partial charge in [-0.1, -0.05) is 18.2 Å². The Morgan fingerprint density at radius 3 is 2.67 bits per heavy atom. The molecule has 2 nitrogen and oxygen atoms in total. The Bertz CT molecular complexity index is 292. The van der Waals surface area contributed by atoms with Crippen molar-refractivity contribution >= 4 is 11.8 Å². The zero-order valence-corrected chi connectivity index (χ0v) is 7.37. The molecule has 0 saturated heterocycles. The van der Waals surface area contributed by atoms with E-state index in [-0.39, 0.29) is 0 Å². The fraction of sp³-hybridized carbons (Fsp3) is 0.200. The summed E-state index contributed by atoms with van der Waals surface area (Å²) in [5.41, 5.74) is 7.47. The molecule has 0 radical (unpaired) electrons. The Morgan fingerprint density at radius 1 is 1.42 bits per heavy atom. The number of ether oxygens (including phenoxy) is 1. The van der Waals surface area contributed by atoms with Gasteiger partial charge in [0, 0.05) is 0 Å². The third kappa shape index (κ3) is 1.78. The number of nitrogens with two attached hydrogens (primary N) is 1. The van der Waals surface area contributed by atoms with Gasteiger partial charge >= 0.3 is 0 Å². The number of allylic oxidation sites excluding steroid dienone is 1. The molecule has 0 saturated carbocycles.